The minimum absolute atomic E-state index is 0.0347. The van der Waals surface area contributed by atoms with Crippen molar-refractivity contribution >= 4 is 55.8 Å². The quantitative estimate of drug-likeness (QED) is 0.601. The summed E-state index contributed by atoms with van der Waals surface area (Å²) in [5, 5.41) is 3.60. The highest BCUT2D eigenvalue weighted by atomic mass is 32.2. The zero-order valence-corrected chi connectivity index (χ0v) is 18.4. The van der Waals surface area contributed by atoms with Gasteiger partial charge in [0.1, 0.15) is 15.2 Å². The van der Waals surface area contributed by atoms with Gasteiger partial charge in [-0.1, -0.05) is 30.0 Å². The van der Waals surface area contributed by atoms with Gasteiger partial charge in [0.15, 0.2) is 5.17 Å². The summed E-state index contributed by atoms with van der Waals surface area (Å²) >= 11 is 2.00. The van der Waals surface area contributed by atoms with Crippen LogP contribution in [0.3, 0.4) is 0 Å². The molecule has 0 aliphatic carbocycles. The lowest BCUT2D eigenvalue weighted by Gasteiger charge is -2.13. The Labute approximate surface area is 182 Å². The van der Waals surface area contributed by atoms with Gasteiger partial charge in [-0.3, -0.25) is 14.5 Å². The topological polar surface area (TPSA) is 105 Å². The van der Waals surface area contributed by atoms with E-state index in [-0.39, 0.29) is 34.2 Å². The predicted octanol–water partition coefficient (Wildman–Crippen LogP) is 2.96. The van der Waals surface area contributed by atoms with Crippen molar-refractivity contribution in [2.75, 3.05) is 19.0 Å². The van der Waals surface area contributed by atoms with E-state index >= 15 is 0 Å². The molecule has 3 rings (SSSR count). The minimum atomic E-state index is -3.94. The Morgan fingerprint density at radius 2 is 2.17 bits per heavy atom. The first-order valence-corrected chi connectivity index (χ1v) is 12.0. The average molecular weight is 466 g/mol. The van der Waals surface area contributed by atoms with Crippen molar-refractivity contribution in [1.29, 1.82) is 0 Å². The van der Waals surface area contributed by atoms with E-state index in [1.165, 1.54) is 24.2 Å². The van der Waals surface area contributed by atoms with Crippen molar-refractivity contribution in [1.82, 2.24) is 4.90 Å². The number of carbonyl (C=O) groups is 2. The maximum absolute atomic E-state index is 12.8. The number of rotatable bonds is 8. The lowest BCUT2D eigenvalue weighted by Crippen LogP contribution is -2.33. The molecule has 1 aromatic heterocycles. The number of sulfonamides is 1. The summed E-state index contributed by atoms with van der Waals surface area (Å²) in [5.41, 5.74) is 0.534. The van der Waals surface area contributed by atoms with E-state index in [1.807, 2.05) is 0 Å². The molecule has 8 nitrogen and oxygen atoms in total. The predicted molar refractivity (Wildman–Crippen MR) is 118 cm³/mol. The first-order valence-electron chi connectivity index (χ1n) is 8.75. The van der Waals surface area contributed by atoms with Crippen molar-refractivity contribution in [2.24, 2.45) is 4.40 Å². The highest BCUT2D eigenvalue weighted by molar-refractivity contribution is 8.16. The molecule has 1 N–H and O–H groups in total. The van der Waals surface area contributed by atoms with Crippen molar-refractivity contribution < 1.29 is 22.7 Å². The van der Waals surface area contributed by atoms with Gasteiger partial charge in [0.2, 0.25) is 11.8 Å². The summed E-state index contributed by atoms with van der Waals surface area (Å²) in [6.45, 7) is 3.70. The molecular formula is C19H19N3O5S3. The molecule has 0 spiro atoms. The molecule has 1 aliphatic heterocycles. The van der Waals surface area contributed by atoms with E-state index in [1.54, 1.807) is 35.7 Å². The average Bonchev–Trinajstić information content (AvgIpc) is 3.34. The van der Waals surface area contributed by atoms with Gasteiger partial charge in [0.05, 0.1) is 7.11 Å². The number of methoxy groups -OCH3 is 1. The van der Waals surface area contributed by atoms with Gasteiger partial charge in [-0.05, 0) is 23.6 Å². The summed E-state index contributed by atoms with van der Waals surface area (Å²) in [6.07, 6.45) is 1.34. The van der Waals surface area contributed by atoms with Gasteiger partial charge in [0, 0.05) is 24.7 Å². The fourth-order valence-electron chi connectivity index (χ4n) is 2.65. The lowest BCUT2D eigenvalue weighted by atomic mass is 10.2. The molecule has 1 aromatic carbocycles. The van der Waals surface area contributed by atoms with Gasteiger partial charge < -0.3 is 10.1 Å². The number of carbonyl (C=O) groups excluding carboxylic acids is 2. The zero-order valence-electron chi connectivity index (χ0n) is 16.0. The summed E-state index contributed by atoms with van der Waals surface area (Å²) in [4.78, 5) is 26.4. The normalized spacial score (nSPS) is 17.9. The molecule has 2 heterocycles. The first kappa shape index (κ1) is 22.1. The molecule has 1 unspecified atom stereocenters. The van der Waals surface area contributed by atoms with Crippen LogP contribution >= 0.6 is 23.1 Å². The number of thiophene rings is 1. The van der Waals surface area contributed by atoms with E-state index < -0.39 is 15.3 Å². The SMILES string of the molecule is C=CCN1C(=O)C(CC(=O)Nc2cccc(OC)c2)S/C1=N\S(=O)(=O)c1cccs1. The molecule has 158 valence electrons. The maximum Gasteiger partial charge on any atom is 0.294 e. The van der Waals surface area contributed by atoms with Crippen LogP contribution in [0, 0.1) is 0 Å². The van der Waals surface area contributed by atoms with Crippen LogP contribution < -0.4 is 10.1 Å². The van der Waals surface area contributed by atoms with E-state index in [9.17, 15) is 18.0 Å². The summed E-state index contributed by atoms with van der Waals surface area (Å²) in [6, 6.07) is 9.90. The third kappa shape index (κ3) is 5.10. The summed E-state index contributed by atoms with van der Waals surface area (Å²) in [5.74, 6) is -0.180. The largest absolute Gasteiger partial charge is 0.497 e. The second-order valence-corrected chi connectivity index (χ2v) is 10.1. The second-order valence-electron chi connectivity index (χ2n) is 6.11. The lowest BCUT2D eigenvalue weighted by molar-refractivity contribution is -0.127. The zero-order chi connectivity index (χ0) is 21.7. The van der Waals surface area contributed by atoms with Crippen LogP contribution in [0.4, 0.5) is 5.69 Å². The molecule has 0 radical (unpaired) electrons. The summed E-state index contributed by atoms with van der Waals surface area (Å²) < 4.78 is 34.0. The van der Waals surface area contributed by atoms with Crippen molar-refractivity contribution in [3.05, 3.63) is 54.4 Å². The highest BCUT2D eigenvalue weighted by Gasteiger charge is 2.39. The number of amidine groups is 1. The third-order valence-electron chi connectivity index (χ3n) is 4.00. The van der Waals surface area contributed by atoms with Crippen LogP contribution in [-0.2, 0) is 19.6 Å². The number of anilines is 1. The summed E-state index contributed by atoms with van der Waals surface area (Å²) in [7, 11) is -2.42. The molecule has 0 bridgehead atoms. The fraction of sp³-hybridized carbons (Fsp3) is 0.211. The van der Waals surface area contributed by atoms with Gasteiger partial charge >= 0.3 is 0 Å². The Bertz CT molecular complexity index is 1080. The standard InChI is InChI=1S/C19H19N3O5S3/c1-3-9-22-18(24)15(12-16(23)20-13-6-4-7-14(11-13)27-2)29-19(22)21-30(25,26)17-8-5-10-28-17/h3-8,10-11,15H,1,9,12H2,2H3,(H,20,23)/b21-19-. The Hall–Kier alpha value is -2.63. The Morgan fingerprint density at radius 1 is 1.37 bits per heavy atom. The van der Waals surface area contributed by atoms with Crippen LogP contribution in [0.15, 0.2) is 63.0 Å². The molecule has 11 heteroatoms. The first-order chi connectivity index (χ1) is 14.3. The minimum Gasteiger partial charge on any atom is -0.497 e. The fourth-order valence-corrected chi connectivity index (χ4v) is 5.98. The third-order valence-corrected chi connectivity index (χ3v) is 7.93. The number of nitrogens with zero attached hydrogens (tertiary/aromatic N) is 2. The Morgan fingerprint density at radius 3 is 2.83 bits per heavy atom. The molecule has 1 atom stereocenters. The maximum atomic E-state index is 12.8. The van der Waals surface area contributed by atoms with E-state index in [0.717, 1.165) is 23.1 Å². The highest BCUT2D eigenvalue weighted by Crippen LogP contribution is 2.32. The van der Waals surface area contributed by atoms with Crippen molar-refractivity contribution in [2.45, 2.75) is 15.9 Å². The van der Waals surface area contributed by atoms with E-state index in [0.29, 0.717) is 11.4 Å². The Balaban J connectivity index is 1.76. The van der Waals surface area contributed by atoms with Crippen LogP contribution in [-0.4, -0.2) is 49.2 Å². The number of hydrogen-bond acceptors (Lipinski definition) is 7. The van der Waals surface area contributed by atoms with Gasteiger partial charge in [-0.15, -0.1) is 22.3 Å². The molecule has 2 aromatic rings. The van der Waals surface area contributed by atoms with Crippen LogP contribution in [0.5, 0.6) is 5.75 Å². The van der Waals surface area contributed by atoms with Crippen LogP contribution in [0.25, 0.3) is 0 Å². The molecule has 1 aliphatic rings. The van der Waals surface area contributed by atoms with E-state index in [4.69, 9.17) is 4.74 Å². The Kier molecular flexibility index (Phi) is 6.95. The molecule has 1 saturated heterocycles. The van der Waals surface area contributed by atoms with Gasteiger partial charge in [-0.2, -0.15) is 8.42 Å². The van der Waals surface area contributed by atoms with Crippen LogP contribution in [0.1, 0.15) is 6.42 Å². The monoisotopic (exact) mass is 465 g/mol. The number of hydrogen-bond donors (Lipinski definition) is 1. The smallest absolute Gasteiger partial charge is 0.294 e. The number of ether oxygens (including phenoxy) is 1. The molecular weight excluding hydrogens is 446 g/mol. The van der Waals surface area contributed by atoms with E-state index in [2.05, 4.69) is 16.3 Å². The molecule has 2 amide bonds. The number of amides is 2. The second kappa shape index (κ2) is 9.45. The van der Waals surface area contributed by atoms with Crippen molar-refractivity contribution in [3.63, 3.8) is 0 Å². The number of benzene rings is 1. The molecule has 0 saturated carbocycles. The molecule has 30 heavy (non-hydrogen) atoms. The van der Waals surface area contributed by atoms with Gasteiger partial charge in [-0.25, -0.2) is 0 Å². The van der Waals surface area contributed by atoms with Crippen molar-refractivity contribution in [3.8, 4) is 5.75 Å². The number of nitrogens with one attached hydrogen (secondary N) is 1. The number of thioether (sulfide) groups is 1. The van der Waals surface area contributed by atoms with Crippen LogP contribution in [0.2, 0.25) is 0 Å². The molecule has 1 fully saturated rings. The van der Waals surface area contributed by atoms with Gasteiger partial charge in [0.25, 0.3) is 10.0 Å².